The third kappa shape index (κ3) is 4.33. The fourth-order valence-corrected chi connectivity index (χ4v) is 4.04. The maximum atomic E-state index is 12.0. The summed E-state index contributed by atoms with van der Waals surface area (Å²) in [6, 6.07) is 7.93. The molecule has 1 aliphatic rings. The minimum atomic E-state index is -0.0898. The van der Waals surface area contributed by atoms with Gasteiger partial charge in [0.05, 0.1) is 5.75 Å². The largest absolute Gasteiger partial charge is 0.325 e. The van der Waals surface area contributed by atoms with Crippen molar-refractivity contribution < 1.29 is 9.59 Å². The number of nitrogens with one attached hydrogen (secondary N) is 1. The third-order valence-corrected chi connectivity index (χ3v) is 5.54. The highest BCUT2D eigenvalue weighted by Crippen LogP contribution is 2.35. The Balaban J connectivity index is 1.55. The number of carbonyl (C=O) groups excluding carboxylic acids is 2. The van der Waals surface area contributed by atoms with E-state index in [4.69, 9.17) is 0 Å². The summed E-state index contributed by atoms with van der Waals surface area (Å²) in [6.45, 7) is 3.52. The van der Waals surface area contributed by atoms with Crippen LogP contribution in [-0.2, 0) is 9.59 Å². The molecular formula is C16H18N4O2S2. The molecule has 0 spiro atoms. The number of aromatic nitrogens is 2. The summed E-state index contributed by atoms with van der Waals surface area (Å²) in [5, 5.41) is 11.7. The quantitative estimate of drug-likeness (QED) is 0.631. The van der Waals surface area contributed by atoms with Crippen LogP contribution in [0.4, 0.5) is 10.8 Å². The summed E-state index contributed by atoms with van der Waals surface area (Å²) in [6.07, 6.45) is 2.03. The van der Waals surface area contributed by atoms with Gasteiger partial charge in [-0.3, -0.25) is 14.5 Å². The average Bonchev–Trinajstić information content (AvgIpc) is 3.23. The molecule has 1 N–H and O–H groups in total. The standard InChI is InChI=1S/C16H18N4O2S2/c1-10-4-3-5-12(8-10)17-14(22)9-23-16-19-18-15(24-16)20(11(2)21)13-6-7-13/h3-5,8,13H,6-7,9H2,1-2H3,(H,17,22). The highest BCUT2D eigenvalue weighted by Gasteiger charge is 2.34. The molecule has 0 aliphatic heterocycles. The molecule has 1 heterocycles. The maximum absolute atomic E-state index is 12.0. The number of thioether (sulfide) groups is 1. The van der Waals surface area contributed by atoms with Gasteiger partial charge in [0.15, 0.2) is 4.34 Å². The Hall–Kier alpha value is -1.93. The first-order chi connectivity index (χ1) is 11.5. The maximum Gasteiger partial charge on any atom is 0.234 e. The number of amides is 2. The van der Waals surface area contributed by atoms with E-state index in [1.165, 1.54) is 23.1 Å². The summed E-state index contributed by atoms with van der Waals surface area (Å²) < 4.78 is 0.691. The van der Waals surface area contributed by atoms with Crippen LogP contribution in [-0.4, -0.2) is 33.8 Å². The molecule has 3 rings (SSSR count). The van der Waals surface area contributed by atoms with Crippen LogP contribution in [0, 0.1) is 6.92 Å². The minimum absolute atomic E-state index is 0.0117. The van der Waals surface area contributed by atoms with Gasteiger partial charge in [0, 0.05) is 18.7 Å². The Morgan fingerprint density at radius 3 is 2.83 bits per heavy atom. The van der Waals surface area contributed by atoms with E-state index in [0.29, 0.717) is 9.47 Å². The van der Waals surface area contributed by atoms with Crippen molar-refractivity contribution in [3.8, 4) is 0 Å². The molecule has 1 fully saturated rings. The van der Waals surface area contributed by atoms with Gasteiger partial charge < -0.3 is 5.32 Å². The van der Waals surface area contributed by atoms with Crippen LogP contribution in [0.2, 0.25) is 0 Å². The summed E-state index contributed by atoms with van der Waals surface area (Å²) in [7, 11) is 0. The first kappa shape index (κ1) is 16.9. The van der Waals surface area contributed by atoms with E-state index in [9.17, 15) is 9.59 Å². The smallest absolute Gasteiger partial charge is 0.234 e. The molecule has 0 atom stereocenters. The molecular weight excluding hydrogens is 344 g/mol. The van der Waals surface area contributed by atoms with E-state index in [-0.39, 0.29) is 23.6 Å². The number of anilines is 2. The number of aryl methyl sites for hydroxylation is 1. The summed E-state index contributed by atoms with van der Waals surface area (Å²) in [4.78, 5) is 25.5. The van der Waals surface area contributed by atoms with Gasteiger partial charge in [0.25, 0.3) is 0 Å². The molecule has 0 bridgehead atoms. The van der Waals surface area contributed by atoms with Gasteiger partial charge in [0.1, 0.15) is 0 Å². The van der Waals surface area contributed by atoms with Crippen molar-refractivity contribution in [2.45, 2.75) is 37.1 Å². The first-order valence-corrected chi connectivity index (χ1v) is 9.46. The van der Waals surface area contributed by atoms with E-state index in [0.717, 1.165) is 24.1 Å². The molecule has 24 heavy (non-hydrogen) atoms. The van der Waals surface area contributed by atoms with Crippen molar-refractivity contribution in [1.29, 1.82) is 0 Å². The SMILES string of the molecule is CC(=O)N(c1nnc(SCC(=O)Nc2cccc(C)c2)s1)C1CC1. The van der Waals surface area contributed by atoms with Gasteiger partial charge in [-0.05, 0) is 37.5 Å². The number of rotatable bonds is 6. The second kappa shape index (κ2) is 7.31. The van der Waals surface area contributed by atoms with Crippen molar-refractivity contribution in [2.24, 2.45) is 0 Å². The number of hydrogen-bond acceptors (Lipinski definition) is 6. The predicted octanol–water partition coefficient (Wildman–Crippen LogP) is 3.09. The zero-order valence-electron chi connectivity index (χ0n) is 13.5. The second-order valence-corrected chi connectivity index (χ2v) is 7.86. The fourth-order valence-electron chi connectivity index (χ4n) is 2.29. The molecule has 1 aliphatic carbocycles. The Morgan fingerprint density at radius 2 is 2.17 bits per heavy atom. The number of hydrogen-bond donors (Lipinski definition) is 1. The lowest BCUT2D eigenvalue weighted by Gasteiger charge is -2.15. The van der Waals surface area contributed by atoms with Gasteiger partial charge in [-0.25, -0.2) is 0 Å². The topological polar surface area (TPSA) is 75.2 Å². The van der Waals surface area contributed by atoms with E-state index >= 15 is 0 Å². The predicted molar refractivity (Wildman–Crippen MR) is 96.6 cm³/mol. The second-order valence-electron chi connectivity index (χ2n) is 5.68. The van der Waals surface area contributed by atoms with Gasteiger partial charge >= 0.3 is 0 Å². The number of carbonyl (C=O) groups is 2. The highest BCUT2D eigenvalue weighted by atomic mass is 32.2. The van der Waals surface area contributed by atoms with Gasteiger partial charge in [-0.15, -0.1) is 10.2 Å². The molecule has 1 aromatic carbocycles. The van der Waals surface area contributed by atoms with Crippen LogP contribution >= 0.6 is 23.1 Å². The lowest BCUT2D eigenvalue weighted by molar-refractivity contribution is -0.116. The molecule has 1 aromatic heterocycles. The Kier molecular flexibility index (Phi) is 5.15. The molecule has 0 radical (unpaired) electrons. The van der Waals surface area contributed by atoms with Crippen LogP contribution < -0.4 is 10.2 Å². The Bertz CT molecular complexity index is 758. The van der Waals surface area contributed by atoms with Gasteiger partial charge in [0.2, 0.25) is 16.9 Å². The van der Waals surface area contributed by atoms with Crippen LogP contribution in [0.3, 0.4) is 0 Å². The van der Waals surface area contributed by atoms with E-state index in [1.54, 1.807) is 11.8 Å². The summed E-state index contributed by atoms with van der Waals surface area (Å²) >= 11 is 2.68. The molecule has 0 unspecified atom stereocenters. The van der Waals surface area contributed by atoms with Crippen LogP contribution in [0.15, 0.2) is 28.6 Å². The fraction of sp³-hybridized carbons (Fsp3) is 0.375. The zero-order valence-corrected chi connectivity index (χ0v) is 15.1. The van der Waals surface area contributed by atoms with Crippen molar-refractivity contribution in [3.63, 3.8) is 0 Å². The van der Waals surface area contributed by atoms with E-state index in [2.05, 4.69) is 15.5 Å². The lowest BCUT2D eigenvalue weighted by Crippen LogP contribution is -2.30. The summed E-state index contributed by atoms with van der Waals surface area (Å²) in [5.74, 6) is 0.155. The van der Waals surface area contributed by atoms with Crippen molar-refractivity contribution in [3.05, 3.63) is 29.8 Å². The first-order valence-electron chi connectivity index (χ1n) is 7.65. The molecule has 8 heteroatoms. The number of benzene rings is 1. The normalized spacial score (nSPS) is 13.6. The van der Waals surface area contributed by atoms with Gasteiger partial charge in [-0.1, -0.05) is 35.2 Å². The Morgan fingerprint density at radius 1 is 1.38 bits per heavy atom. The number of nitrogens with zero attached hydrogens (tertiary/aromatic N) is 3. The molecule has 126 valence electrons. The van der Waals surface area contributed by atoms with E-state index < -0.39 is 0 Å². The van der Waals surface area contributed by atoms with Crippen molar-refractivity contribution in [1.82, 2.24) is 10.2 Å². The molecule has 1 saturated carbocycles. The monoisotopic (exact) mass is 362 g/mol. The molecule has 6 nitrogen and oxygen atoms in total. The zero-order chi connectivity index (χ0) is 17.1. The highest BCUT2D eigenvalue weighted by molar-refractivity contribution is 8.01. The summed E-state index contributed by atoms with van der Waals surface area (Å²) in [5.41, 5.74) is 1.88. The Labute approximate surface area is 148 Å². The van der Waals surface area contributed by atoms with Crippen molar-refractivity contribution in [2.75, 3.05) is 16.0 Å². The molecule has 2 amide bonds. The lowest BCUT2D eigenvalue weighted by atomic mass is 10.2. The van der Waals surface area contributed by atoms with Gasteiger partial charge in [-0.2, -0.15) is 0 Å². The van der Waals surface area contributed by atoms with Crippen LogP contribution in [0.1, 0.15) is 25.3 Å². The van der Waals surface area contributed by atoms with Crippen molar-refractivity contribution >= 4 is 45.7 Å². The van der Waals surface area contributed by atoms with E-state index in [1.807, 2.05) is 31.2 Å². The average molecular weight is 362 g/mol. The third-order valence-electron chi connectivity index (χ3n) is 3.48. The van der Waals surface area contributed by atoms with Crippen LogP contribution in [0.5, 0.6) is 0 Å². The molecule has 2 aromatic rings. The molecule has 0 saturated heterocycles. The van der Waals surface area contributed by atoms with Crippen LogP contribution in [0.25, 0.3) is 0 Å². The minimum Gasteiger partial charge on any atom is -0.325 e.